The van der Waals surface area contributed by atoms with Crippen molar-refractivity contribution in [2.75, 3.05) is 10.6 Å². The van der Waals surface area contributed by atoms with Gasteiger partial charge in [0.2, 0.25) is 11.9 Å². The molecule has 3 heterocycles. The van der Waals surface area contributed by atoms with Crippen LogP contribution >= 0.6 is 11.3 Å². The number of primary amides is 1. The molecule has 3 atom stereocenters. The number of amides is 1. The molecule has 4 aromatic rings. The lowest BCUT2D eigenvalue weighted by Gasteiger charge is -2.30. The predicted molar refractivity (Wildman–Crippen MR) is 145 cm³/mol. The van der Waals surface area contributed by atoms with Gasteiger partial charge in [0.1, 0.15) is 22.4 Å². The number of aryl methyl sites for hydroxylation is 1. The van der Waals surface area contributed by atoms with E-state index < -0.39 is 23.7 Å². The Bertz CT molecular complexity index is 1510. The molecule has 0 radical (unpaired) electrons. The first kappa shape index (κ1) is 24.7. The Hall–Kier alpha value is -3.67. The second-order valence-corrected chi connectivity index (χ2v) is 11.1. The van der Waals surface area contributed by atoms with Gasteiger partial charge >= 0.3 is 0 Å². The number of aliphatic hydroxyl groups excluding tert-OH is 1. The van der Waals surface area contributed by atoms with E-state index in [0.29, 0.717) is 40.5 Å². The highest BCUT2D eigenvalue weighted by Crippen LogP contribution is 2.45. The number of benzene rings is 1. The molecule has 1 amide bonds. The Morgan fingerprint density at radius 1 is 1.16 bits per heavy atom. The van der Waals surface area contributed by atoms with Crippen LogP contribution in [0.4, 0.5) is 11.8 Å². The molecular formula is C27H29N7O3S. The van der Waals surface area contributed by atoms with Gasteiger partial charge in [0, 0.05) is 18.7 Å². The van der Waals surface area contributed by atoms with Gasteiger partial charge < -0.3 is 26.6 Å². The number of thiazole rings is 1. The van der Waals surface area contributed by atoms with Crippen LogP contribution in [0.2, 0.25) is 0 Å². The molecule has 38 heavy (non-hydrogen) atoms. The summed E-state index contributed by atoms with van der Waals surface area (Å²) in [5.41, 5.74) is 7.90. The molecule has 2 fully saturated rings. The second kappa shape index (κ2) is 9.57. The van der Waals surface area contributed by atoms with Gasteiger partial charge in [-0.2, -0.15) is 4.98 Å². The van der Waals surface area contributed by atoms with Crippen molar-refractivity contribution in [3.8, 4) is 10.6 Å². The molecule has 10 nitrogen and oxygen atoms in total. The fourth-order valence-electron chi connectivity index (χ4n) is 5.07. The fraction of sp³-hybridized carbons (Fsp3) is 0.370. The van der Waals surface area contributed by atoms with Gasteiger partial charge in [0.15, 0.2) is 5.72 Å². The molecule has 2 aliphatic rings. The average Bonchev–Trinajstić information content (AvgIpc) is 3.58. The van der Waals surface area contributed by atoms with Crippen molar-refractivity contribution in [3.05, 3.63) is 59.5 Å². The Morgan fingerprint density at radius 3 is 2.66 bits per heavy atom. The normalized spacial score (nSPS) is 23.0. The molecule has 2 saturated carbocycles. The maximum absolute atomic E-state index is 11.8. The summed E-state index contributed by atoms with van der Waals surface area (Å²) in [6.07, 6.45) is 3.05. The molecule has 2 aliphatic carbocycles. The number of aromatic nitrogens is 4. The van der Waals surface area contributed by atoms with Gasteiger partial charge in [-0.15, -0.1) is 11.3 Å². The van der Waals surface area contributed by atoms with Gasteiger partial charge in [-0.05, 0) is 44.2 Å². The number of nitrogens with one attached hydrogen (secondary N) is 2. The summed E-state index contributed by atoms with van der Waals surface area (Å²) in [5.74, 6) is -0.385. The number of hydrogen-bond donors (Lipinski definition) is 5. The standard InChI is InChI=1S/C27H29N7O3S/c1-14-19(25-32-21-18(38-25)10-12-29-20(21)16-7-8-16)24(34-27(37)11-9-17(22(27)35)23(28)36)33-26(31-14)30-13-15-5-3-2-4-6-15/h2-6,10,12,16-17,22,35,37H,7-9,11,13H2,1H3,(H2,28,36)(H2,30,31,33,34). The summed E-state index contributed by atoms with van der Waals surface area (Å²) in [4.78, 5) is 30.8. The number of anilines is 2. The fourth-order valence-corrected chi connectivity index (χ4v) is 6.13. The van der Waals surface area contributed by atoms with E-state index in [1.807, 2.05) is 49.5 Å². The van der Waals surface area contributed by atoms with Crippen LogP contribution in [0.1, 0.15) is 48.6 Å². The summed E-state index contributed by atoms with van der Waals surface area (Å²) >= 11 is 1.51. The van der Waals surface area contributed by atoms with Crippen molar-refractivity contribution >= 4 is 39.2 Å². The van der Waals surface area contributed by atoms with Gasteiger partial charge in [0.05, 0.1) is 27.6 Å². The highest BCUT2D eigenvalue weighted by molar-refractivity contribution is 7.21. The van der Waals surface area contributed by atoms with Crippen molar-refractivity contribution in [2.45, 2.75) is 56.9 Å². The zero-order valence-corrected chi connectivity index (χ0v) is 21.7. The first-order chi connectivity index (χ1) is 18.3. The number of aliphatic hydroxyl groups is 2. The molecule has 0 aliphatic heterocycles. The molecule has 0 spiro atoms. The highest BCUT2D eigenvalue weighted by atomic mass is 32.1. The Labute approximate surface area is 223 Å². The Balaban J connectivity index is 1.41. The van der Waals surface area contributed by atoms with Gasteiger partial charge in [-0.3, -0.25) is 9.78 Å². The highest BCUT2D eigenvalue weighted by Gasteiger charge is 2.49. The van der Waals surface area contributed by atoms with E-state index in [1.165, 1.54) is 11.3 Å². The first-order valence-corrected chi connectivity index (χ1v) is 13.5. The maximum atomic E-state index is 11.8. The van der Waals surface area contributed by atoms with E-state index in [0.717, 1.165) is 34.3 Å². The number of carbonyl (C=O) groups excluding carboxylic acids is 1. The number of fused-ring (bicyclic) bond motifs is 1. The van der Waals surface area contributed by atoms with Crippen LogP contribution in [0.3, 0.4) is 0 Å². The number of hydrogen-bond acceptors (Lipinski definition) is 10. The third-order valence-corrected chi connectivity index (χ3v) is 8.34. The van der Waals surface area contributed by atoms with Crippen LogP contribution in [-0.2, 0) is 11.3 Å². The molecule has 6 N–H and O–H groups in total. The van der Waals surface area contributed by atoms with Crippen LogP contribution in [0.25, 0.3) is 20.8 Å². The summed E-state index contributed by atoms with van der Waals surface area (Å²) in [7, 11) is 0. The van der Waals surface area contributed by atoms with Crippen molar-refractivity contribution in [1.82, 2.24) is 19.9 Å². The predicted octanol–water partition coefficient (Wildman–Crippen LogP) is 3.30. The summed E-state index contributed by atoms with van der Waals surface area (Å²) in [5, 5.41) is 29.2. The molecule has 0 bridgehead atoms. The molecule has 1 aromatic carbocycles. The number of pyridine rings is 1. The van der Waals surface area contributed by atoms with E-state index in [-0.39, 0.29) is 12.8 Å². The molecular weight excluding hydrogens is 502 g/mol. The number of nitrogens with zero attached hydrogens (tertiary/aromatic N) is 4. The third-order valence-electron chi connectivity index (χ3n) is 7.30. The number of rotatable bonds is 8. The molecule has 3 unspecified atom stereocenters. The minimum absolute atomic E-state index is 0.132. The third kappa shape index (κ3) is 4.57. The van der Waals surface area contributed by atoms with Crippen molar-refractivity contribution < 1.29 is 15.0 Å². The molecule has 0 saturated heterocycles. The van der Waals surface area contributed by atoms with Crippen molar-refractivity contribution in [1.29, 1.82) is 0 Å². The lowest BCUT2D eigenvalue weighted by molar-refractivity contribution is -0.128. The van der Waals surface area contributed by atoms with Gasteiger partial charge in [0.25, 0.3) is 0 Å². The molecule has 6 rings (SSSR count). The average molecular weight is 532 g/mol. The SMILES string of the molecule is Cc1nc(NCc2ccccc2)nc(NC2(O)CCC(C(N)=O)C2O)c1-c1nc2c(C3CC3)nccc2s1. The van der Waals surface area contributed by atoms with Crippen molar-refractivity contribution in [3.63, 3.8) is 0 Å². The zero-order valence-electron chi connectivity index (χ0n) is 20.9. The van der Waals surface area contributed by atoms with Crippen LogP contribution in [0.15, 0.2) is 42.6 Å². The minimum atomic E-state index is -1.79. The van der Waals surface area contributed by atoms with E-state index in [9.17, 15) is 15.0 Å². The lowest BCUT2D eigenvalue weighted by atomic mass is 10.0. The van der Waals surface area contributed by atoms with E-state index in [2.05, 4.69) is 15.6 Å². The van der Waals surface area contributed by atoms with Crippen LogP contribution < -0.4 is 16.4 Å². The monoisotopic (exact) mass is 531 g/mol. The largest absolute Gasteiger partial charge is 0.387 e. The molecule has 3 aromatic heterocycles. The summed E-state index contributed by atoms with van der Waals surface area (Å²) < 4.78 is 1.02. The van der Waals surface area contributed by atoms with E-state index in [1.54, 1.807) is 0 Å². The summed E-state index contributed by atoms with van der Waals surface area (Å²) in [6, 6.07) is 11.8. The van der Waals surface area contributed by atoms with Crippen LogP contribution in [-0.4, -0.2) is 47.9 Å². The zero-order chi connectivity index (χ0) is 26.4. The number of carbonyl (C=O) groups is 1. The van der Waals surface area contributed by atoms with Crippen LogP contribution in [0, 0.1) is 12.8 Å². The Morgan fingerprint density at radius 2 is 1.95 bits per heavy atom. The van der Waals surface area contributed by atoms with Gasteiger partial charge in [-0.1, -0.05) is 30.3 Å². The van der Waals surface area contributed by atoms with Gasteiger partial charge in [-0.25, -0.2) is 9.97 Å². The Kier molecular flexibility index (Phi) is 6.21. The summed E-state index contributed by atoms with van der Waals surface area (Å²) in [6.45, 7) is 2.37. The van der Waals surface area contributed by atoms with E-state index in [4.69, 9.17) is 20.7 Å². The van der Waals surface area contributed by atoms with E-state index >= 15 is 0 Å². The minimum Gasteiger partial charge on any atom is -0.387 e. The molecule has 11 heteroatoms. The number of nitrogens with two attached hydrogens (primary N) is 1. The topological polar surface area (TPSA) is 159 Å². The van der Waals surface area contributed by atoms with Crippen molar-refractivity contribution in [2.24, 2.45) is 11.7 Å². The second-order valence-electron chi connectivity index (χ2n) is 10.1. The smallest absolute Gasteiger partial charge is 0.225 e. The maximum Gasteiger partial charge on any atom is 0.225 e. The van der Waals surface area contributed by atoms with Crippen LogP contribution in [0.5, 0.6) is 0 Å². The first-order valence-electron chi connectivity index (χ1n) is 12.7. The lowest BCUT2D eigenvalue weighted by Crippen LogP contribution is -2.49. The molecule has 196 valence electrons. The quantitative estimate of drug-likeness (QED) is 0.215.